The van der Waals surface area contributed by atoms with E-state index in [1.807, 2.05) is 30.5 Å². The highest BCUT2D eigenvalue weighted by Gasteiger charge is 2.18. The molecule has 7 heteroatoms. The van der Waals surface area contributed by atoms with Gasteiger partial charge in [-0.15, -0.1) is 0 Å². The number of allylic oxidation sites excluding steroid dienone is 1. The van der Waals surface area contributed by atoms with Crippen molar-refractivity contribution in [3.05, 3.63) is 84.7 Å². The molecule has 5 rings (SSSR count). The summed E-state index contributed by atoms with van der Waals surface area (Å²) >= 11 is 0. The van der Waals surface area contributed by atoms with Crippen LogP contribution in [0.1, 0.15) is 12.0 Å². The third kappa shape index (κ3) is 4.43. The van der Waals surface area contributed by atoms with Gasteiger partial charge in [0.25, 0.3) is 0 Å². The summed E-state index contributed by atoms with van der Waals surface area (Å²) in [5.41, 5.74) is 10.8. The minimum atomic E-state index is -0.328. The van der Waals surface area contributed by atoms with Crippen molar-refractivity contribution in [2.24, 2.45) is 10.7 Å². The first-order chi connectivity index (χ1) is 16.6. The van der Waals surface area contributed by atoms with Gasteiger partial charge in [-0.1, -0.05) is 12.1 Å². The number of nitrogens with two attached hydrogens (primary N) is 1. The van der Waals surface area contributed by atoms with Crippen LogP contribution in [0.5, 0.6) is 0 Å². The lowest BCUT2D eigenvalue weighted by Gasteiger charge is -2.11. The number of hydrogen-bond acceptors (Lipinski definition) is 6. The van der Waals surface area contributed by atoms with Crippen molar-refractivity contribution in [1.29, 1.82) is 0 Å². The molecule has 1 atom stereocenters. The minimum absolute atomic E-state index is 0.273. The van der Waals surface area contributed by atoms with Gasteiger partial charge >= 0.3 is 0 Å². The molecule has 1 aromatic carbocycles. The molecule has 6 nitrogen and oxygen atoms in total. The van der Waals surface area contributed by atoms with Crippen LogP contribution in [-0.4, -0.2) is 52.2 Å². The molecule has 1 fully saturated rings. The second-order valence-corrected chi connectivity index (χ2v) is 8.48. The van der Waals surface area contributed by atoms with Gasteiger partial charge in [0.2, 0.25) is 0 Å². The maximum Gasteiger partial charge on any atom is 0.160 e. The number of pyridine rings is 3. The number of hydrogen-bond donors (Lipinski definition) is 1. The lowest BCUT2D eigenvalue weighted by Crippen LogP contribution is -2.15. The third-order valence-corrected chi connectivity index (χ3v) is 6.09. The monoisotopic (exact) mass is 452 g/mol. The number of rotatable bonds is 5. The molecule has 4 aromatic rings. The molecule has 0 bridgehead atoms. The van der Waals surface area contributed by atoms with Gasteiger partial charge in [0.15, 0.2) is 5.65 Å². The number of likely N-dealkylation sites (tertiary alicyclic amines) is 1. The van der Waals surface area contributed by atoms with Gasteiger partial charge in [-0.2, -0.15) is 0 Å². The van der Waals surface area contributed by atoms with E-state index in [9.17, 15) is 4.39 Å². The largest absolute Gasteiger partial charge is 0.404 e. The Hall–Kier alpha value is -3.97. The fourth-order valence-corrected chi connectivity index (χ4v) is 4.28. The highest BCUT2D eigenvalue weighted by atomic mass is 19.1. The van der Waals surface area contributed by atoms with E-state index >= 15 is 0 Å². The average molecular weight is 453 g/mol. The molecule has 0 aliphatic carbocycles. The standard InChI is InChI=1S/C27H25FN6/c1-34-10-8-21(17-34)32-16-20(13-29)18-11-19(15-30-14-18)24-12-26(23-5-2-3-7-25(23)28)33-27-22(24)6-4-9-31-27/h2-7,9,11-16,21H,8,10,17,29H2,1H3. The van der Waals surface area contributed by atoms with Crippen LogP contribution >= 0.6 is 0 Å². The Kier molecular flexibility index (Phi) is 6.10. The zero-order valence-electron chi connectivity index (χ0n) is 18.9. The number of aliphatic imine (C=N–C) groups is 1. The molecule has 0 radical (unpaired) electrons. The molecular weight excluding hydrogens is 427 g/mol. The van der Waals surface area contributed by atoms with E-state index in [0.717, 1.165) is 47.2 Å². The molecule has 0 spiro atoms. The number of nitrogens with zero attached hydrogens (tertiary/aromatic N) is 5. The van der Waals surface area contributed by atoms with Gasteiger partial charge in [-0.05, 0) is 62.0 Å². The van der Waals surface area contributed by atoms with Crippen LogP contribution in [0.25, 0.3) is 39.0 Å². The Morgan fingerprint density at radius 3 is 2.82 bits per heavy atom. The second kappa shape index (κ2) is 9.49. The first kappa shape index (κ1) is 21.9. The van der Waals surface area contributed by atoms with Crippen LogP contribution in [-0.2, 0) is 0 Å². The van der Waals surface area contributed by atoms with E-state index < -0.39 is 0 Å². The molecule has 1 unspecified atom stereocenters. The molecule has 1 saturated heterocycles. The number of aromatic nitrogens is 3. The van der Waals surface area contributed by atoms with Crippen LogP contribution in [0.3, 0.4) is 0 Å². The van der Waals surface area contributed by atoms with Gasteiger partial charge in [0, 0.05) is 65.2 Å². The van der Waals surface area contributed by atoms with Crippen molar-refractivity contribution in [2.45, 2.75) is 12.5 Å². The summed E-state index contributed by atoms with van der Waals surface area (Å²) in [6, 6.07) is 14.6. The lowest BCUT2D eigenvalue weighted by atomic mass is 9.98. The molecular formula is C27H25FN6. The first-order valence-corrected chi connectivity index (χ1v) is 11.2. The fraction of sp³-hybridized carbons (Fsp3) is 0.185. The van der Waals surface area contributed by atoms with Crippen LogP contribution in [0, 0.1) is 5.82 Å². The lowest BCUT2D eigenvalue weighted by molar-refractivity contribution is 0.412. The summed E-state index contributed by atoms with van der Waals surface area (Å²) in [6.45, 7) is 2.00. The van der Waals surface area contributed by atoms with Crippen molar-refractivity contribution in [3.8, 4) is 22.4 Å². The highest BCUT2D eigenvalue weighted by molar-refractivity contribution is 6.10. The topological polar surface area (TPSA) is 80.3 Å². The summed E-state index contributed by atoms with van der Waals surface area (Å²) < 4.78 is 14.6. The van der Waals surface area contributed by atoms with Gasteiger partial charge < -0.3 is 10.6 Å². The average Bonchev–Trinajstić information content (AvgIpc) is 3.29. The van der Waals surface area contributed by atoms with Crippen molar-refractivity contribution in [2.75, 3.05) is 20.1 Å². The number of benzene rings is 1. The predicted octanol–water partition coefficient (Wildman–Crippen LogP) is 4.57. The Morgan fingerprint density at radius 1 is 1.15 bits per heavy atom. The molecule has 1 aliphatic rings. The van der Waals surface area contributed by atoms with Crippen LogP contribution in [0.15, 0.2) is 78.3 Å². The van der Waals surface area contributed by atoms with E-state index in [1.54, 1.807) is 43.0 Å². The van der Waals surface area contributed by atoms with Gasteiger partial charge in [0.05, 0.1) is 11.7 Å². The summed E-state index contributed by atoms with van der Waals surface area (Å²) in [4.78, 5) is 20.5. The third-order valence-electron chi connectivity index (χ3n) is 6.09. The van der Waals surface area contributed by atoms with Crippen molar-refractivity contribution in [3.63, 3.8) is 0 Å². The number of fused-ring (bicyclic) bond motifs is 1. The molecule has 2 N–H and O–H groups in total. The highest BCUT2D eigenvalue weighted by Crippen LogP contribution is 2.33. The molecule has 4 heterocycles. The summed E-state index contributed by atoms with van der Waals surface area (Å²) in [7, 11) is 2.10. The van der Waals surface area contributed by atoms with Gasteiger partial charge in [-0.25, -0.2) is 14.4 Å². The number of likely N-dealkylation sites (N-methyl/N-ethyl adjacent to an activating group) is 1. The molecule has 3 aromatic heterocycles. The SMILES string of the molecule is CN1CCC(N=CC(=CN)c2cncc(-c3cc(-c4ccccc4F)nc4ncccc34)c2)C1. The second-order valence-electron chi connectivity index (χ2n) is 8.48. The van der Waals surface area contributed by atoms with E-state index in [0.29, 0.717) is 16.9 Å². The Bertz CT molecular complexity index is 1400. The van der Waals surface area contributed by atoms with Crippen molar-refractivity contribution in [1.82, 2.24) is 19.9 Å². The summed E-state index contributed by atoms with van der Waals surface area (Å²) in [5.74, 6) is -0.328. The van der Waals surface area contributed by atoms with Crippen molar-refractivity contribution < 1.29 is 4.39 Å². The first-order valence-electron chi connectivity index (χ1n) is 11.2. The molecule has 170 valence electrons. The van der Waals surface area contributed by atoms with Gasteiger partial charge in [0.1, 0.15) is 5.82 Å². The minimum Gasteiger partial charge on any atom is -0.404 e. The van der Waals surface area contributed by atoms with Crippen LogP contribution in [0.2, 0.25) is 0 Å². The maximum absolute atomic E-state index is 14.6. The van der Waals surface area contributed by atoms with E-state index in [1.165, 1.54) is 6.07 Å². The molecule has 0 saturated carbocycles. The summed E-state index contributed by atoms with van der Waals surface area (Å²) in [5, 5.41) is 0.863. The van der Waals surface area contributed by atoms with Crippen molar-refractivity contribution >= 4 is 22.8 Å². The van der Waals surface area contributed by atoms with E-state index in [4.69, 9.17) is 10.7 Å². The normalized spacial score (nSPS) is 17.1. The van der Waals surface area contributed by atoms with E-state index in [2.05, 4.69) is 26.9 Å². The summed E-state index contributed by atoms with van der Waals surface area (Å²) in [6.07, 6.45) is 9.67. The van der Waals surface area contributed by atoms with E-state index in [-0.39, 0.29) is 11.9 Å². The fourth-order valence-electron chi connectivity index (χ4n) is 4.28. The number of halogens is 1. The Balaban J connectivity index is 1.57. The Morgan fingerprint density at radius 2 is 2.03 bits per heavy atom. The zero-order chi connectivity index (χ0) is 23.5. The predicted molar refractivity (Wildman–Crippen MR) is 135 cm³/mol. The molecule has 34 heavy (non-hydrogen) atoms. The Labute approximate surface area is 197 Å². The van der Waals surface area contributed by atoms with Gasteiger partial charge in [-0.3, -0.25) is 9.98 Å². The molecule has 0 amide bonds. The quantitative estimate of drug-likeness (QED) is 0.449. The molecule has 1 aliphatic heterocycles. The van der Waals surface area contributed by atoms with Crippen LogP contribution in [0.4, 0.5) is 4.39 Å². The smallest absolute Gasteiger partial charge is 0.160 e. The zero-order valence-corrected chi connectivity index (χ0v) is 18.9. The van der Waals surface area contributed by atoms with Crippen LogP contribution < -0.4 is 5.73 Å². The maximum atomic E-state index is 14.6.